The summed E-state index contributed by atoms with van der Waals surface area (Å²) in [4.78, 5) is 13.7. The first kappa shape index (κ1) is 16.7. The molecule has 1 N–H and O–H groups in total. The second-order valence-corrected chi connectivity index (χ2v) is 7.01. The molecule has 0 spiro atoms. The van der Waals surface area contributed by atoms with Crippen LogP contribution in [0.4, 0.5) is 8.78 Å². The van der Waals surface area contributed by atoms with E-state index in [2.05, 4.69) is 0 Å². The summed E-state index contributed by atoms with van der Waals surface area (Å²) in [5, 5.41) is 9.84. The van der Waals surface area contributed by atoms with Crippen LogP contribution in [0.25, 0.3) is 0 Å². The summed E-state index contributed by atoms with van der Waals surface area (Å²) in [6.45, 7) is 0.675. The summed E-state index contributed by atoms with van der Waals surface area (Å²) in [6.07, 6.45) is 2.47. The Hall–Kier alpha value is -1.20. The van der Waals surface area contributed by atoms with Gasteiger partial charge in [-0.2, -0.15) is 0 Å². The van der Waals surface area contributed by atoms with E-state index in [1.807, 2.05) is 0 Å². The van der Waals surface area contributed by atoms with Crippen molar-refractivity contribution in [3.05, 3.63) is 35.4 Å². The zero-order valence-electron chi connectivity index (χ0n) is 12.7. The summed E-state index contributed by atoms with van der Waals surface area (Å²) >= 11 is 5.68. The maximum absolute atomic E-state index is 13.3. The molecule has 0 unspecified atom stereocenters. The van der Waals surface area contributed by atoms with Crippen LogP contribution in [0.5, 0.6) is 0 Å². The van der Waals surface area contributed by atoms with Gasteiger partial charge in [-0.1, -0.05) is 0 Å². The molecule has 1 aromatic rings. The molecule has 4 atom stereocenters. The number of halogens is 3. The van der Waals surface area contributed by atoms with Gasteiger partial charge in [0.2, 0.25) is 5.91 Å². The number of hydrogen-bond donors (Lipinski definition) is 1. The standard InChI is InChI=1S/C17H20ClF2NO2/c18-7-17(23)21(8-10-1-14(19)6-15(20)2-10)9-13-4-12-3-11(13)5-16(12)22/h1-2,6,11-13,16,22H,3-5,7-9H2/t11-,12-,13+,16-/m1/s1. The van der Waals surface area contributed by atoms with Crippen molar-refractivity contribution in [3.63, 3.8) is 0 Å². The van der Waals surface area contributed by atoms with Gasteiger partial charge in [0.15, 0.2) is 0 Å². The first-order valence-corrected chi connectivity index (χ1v) is 8.46. The number of nitrogens with zero attached hydrogens (tertiary/aromatic N) is 1. The Balaban J connectivity index is 1.70. The fraction of sp³-hybridized carbons (Fsp3) is 0.588. The predicted molar refractivity (Wildman–Crippen MR) is 82.8 cm³/mol. The zero-order valence-corrected chi connectivity index (χ0v) is 13.5. The van der Waals surface area contributed by atoms with E-state index in [-0.39, 0.29) is 24.4 Å². The van der Waals surface area contributed by atoms with E-state index in [0.29, 0.717) is 29.9 Å². The molecule has 126 valence electrons. The lowest BCUT2D eigenvalue weighted by Crippen LogP contribution is -2.38. The Morgan fingerprint density at radius 1 is 1.17 bits per heavy atom. The molecule has 0 heterocycles. The van der Waals surface area contributed by atoms with Crippen LogP contribution in [-0.2, 0) is 11.3 Å². The minimum absolute atomic E-state index is 0.149. The molecule has 2 aliphatic carbocycles. The van der Waals surface area contributed by atoms with Gasteiger partial charge in [-0.25, -0.2) is 8.78 Å². The number of rotatable bonds is 5. The quantitative estimate of drug-likeness (QED) is 0.835. The summed E-state index contributed by atoms with van der Waals surface area (Å²) in [6, 6.07) is 3.29. The summed E-state index contributed by atoms with van der Waals surface area (Å²) in [5.41, 5.74) is 0.421. The van der Waals surface area contributed by atoms with Crippen molar-refractivity contribution in [2.24, 2.45) is 17.8 Å². The van der Waals surface area contributed by atoms with Crippen molar-refractivity contribution < 1.29 is 18.7 Å². The van der Waals surface area contributed by atoms with Crippen molar-refractivity contribution in [3.8, 4) is 0 Å². The van der Waals surface area contributed by atoms with Crippen molar-refractivity contribution in [2.45, 2.75) is 31.9 Å². The van der Waals surface area contributed by atoms with Gasteiger partial charge in [-0.05, 0) is 54.7 Å². The second-order valence-electron chi connectivity index (χ2n) is 6.74. The van der Waals surface area contributed by atoms with Crippen LogP contribution < -0.4 is 0 Å². The highest BCUT2D eigenvalue weighted by Gasteiger charge is 2.45. The van der Waals surface area contributed by atoms with Crippen LogP contribution in [0.2, 0.25) is 0 Å². The largest absolute Gasteiger partial charge is 0.393 e. The van der Waals surface area contributed by atoms with E-state index in [1.165, 1.54) is 12.1 Å². The topological polar surface area (TPSA) is 40.5 Å². The number of benzene rings is 1. The molecular weight excluding hydrogens is 324 g/mol. The number of aliphatic hydroxyl groups is 1. The highest BCUT2D eigenvalue weighted by molar-refractivity contribution is 6.27. The Morgan fingerprint density at radius 3 is 2.39 bits per heavy atom. The van der Waals surface area contributed by atoms with Gasteiger partial charge in [-0.3, -0.25) is 4.79 Å². The smallest absolute Gasteiger partial charge is 0.237 e. The first-order chi connectivity index (χ1) is 11.0. The van der Waals surface area contributed by atoms with Gasteiger partial charge in [0, 0.05) is 19.2 Å². The molecule has 3 rings (SSSR count). The summed E-state index contributed by atoms with van der Waals surface area (Å²) in [5.74, 6) is -0.618. The van der Waals surface area contributed by atoms with Gasteiger partial charge >= 0.3 is 0 Å². The molecule has 0 saturated heterocycles. The van der Waals surface area contributed by atoms with Gasteiger partial charge in [0.1, 0.15) is 17.5 Å². The minimum Gasteiger partial charge on any atom is -0.393 e. The fourth-order valence-electron chi connectivity index (χ4n) is 4.13. The number of carbonyl (C=O) groups is 1. The van der Waals surface area contributed by atoms with E-state index < -0.39 is 11.6 Å². The Kier molecular flexibility index (Phi) is 4.87. The van der Waals surface area contributed by atoms with Crippen molar-refractivity contribution >= 4 is 17.5 Å². The lowest BCUT2D eigenvalue weighted by molar-refractivity contribution is -0.130. The molecule has 1 amide bonds. The molecule has 0 aliphatic heterocycles. The normalized spacial score (nSPS) is 29.0. The minimum atomic E-state index is -0.652. The Bertz CT molecular complexity index is 576. The van der Waals surface area contributed by atoms with Crippen LogP contribution >= 0.6 is 11.6 Å². The highest BCUT2D eigenvalue weighted by atomic mass is 35.5. The Morgan fingerprint density at radius 2 is 1.87 bits per heavy atom. The molecule has 6 heteroatoms. The van der Waals surface area contributed by atoms with Gasteiger partial charge in [-0.15, -0.1) is 11.6 Å². The number of alkyl halides is 1. The highest BCUT2D eigenvalue weighted by Crippen LogP contribution is 2.48. The lowest BCUT2D eigenvalue weighted by atomic mass is 9.87. The van der Waals surface area contributed by atoms with Crippen LogP contribution in [-0.4, -0.2) is 34.4 Å². The van der Waals surface area contributed by atoms with E-state index in [9.17, 15) is 18.7 Å². The van der Waals surface area contributed by atoms with Crippen molar-refractivity contribution in [1.29, 1.82) is 0 Å². The molecular formula is C17H20ClF2NO2. The monoisotopic (exact) mass is 343 g/mol. The van der Waals surface area contributed by atoms with E-state index in [0.717, 1.165) is 25.3 Å². The maximum atomic E-state index is 13.3. The second kappa shape index (κ2) is 6.73. The lowest BCUT2D eigenvalue weighted by Gasteiger charge is -2.31. The maximum Gasteiger partial charge on any atom is 0.237 e. The molecule has 2 saturated carbocycles. The number of carbonyl (C=O) groups excluding carboxylic acids is 1. The summed E-state index contributed by atoms with van der Waals surface area (Å²) in [7, 11) is 0. The first-order valence-electron chi connectivity index (χ1n) is 7.93. The Labute approximate surface area is 139 Å². The number of amides is 1. The van der Waals surface area contributed by atoms with Crippen LogP contribution in [0.1, 0.15) is 24.8 Å². The van der Waals surface area contributed by atoms with Crippen LogP contribution in [0, 0.1) is 29.4 Å². The third kappa shape index (κ3) is 3.66. The molecule has 0 radical (unpaired) electrons. The molecule has 1 aromatic carbocycles. The van der Waals surface area contributed by atoms with Crippen LogP contribution in [0.3, 0.4) is 0 Å². The van der Waals surface area contributed by atoms with Gasteiger partial charge in [0.05, 0.1) is 6.10 Å². The SMILES string of the molecule is O=C(CCl)N(Cc1cc(F)cc(F)c1)C[C@@H]1C[C@H]2C[C@@H]1C[C@H]2O. The molecule has 3 nitrogen and oxygen atoms in total. The third-order valence-electron chi connectivity index (χ3n) is 5.18. The van der Waals surface area contributed by atoms with Crippen LogP contribution in [0.15, 0.2) is 18.2 Å². The number of hydrogen-bond acceptors (Lipinski definition) is 2. The van der Waals surface area contributed by atoms with Gasteiger partial charge in [0.25, 0.3) is 0 Å². The predicted octanol–water partition coefficient (Wildman–Crippen LogP) is 2.94. The summed E-state index contributed by atoms with van der Waals surface area (Å²) < 4.78 is 26.7. The van der Waals surface area contributed by atoms with Crippen molar-refractivity contribution in [2.75, 3.05) is 12.4 Å². The molecule has 2 aliphatic rings. The van der Waals surface area contributed by atoms with Gasteiger partial charge < -0.3 is 10.0 Å². The number of fused-ring (bicyclic) bond motifs is 2. The molecule has 2 fully saturated rings. The molecule has 2 bridgehead atoms. The van der Waals surface area contributed by atoms with Crippen molar-refractivity contribution in [1.82, 2.24) is 4.90 Å². The third-order valence-corrected chi connectivity index (χ3v) is 5.41. The molecule has 0 aromatic heterocycles. The van der Waals surface area contributed by atoms with E-state index >= 15 is 0 Å². The fourth-order valence-corrected chi connectivity index (χ4v) is 4.30. The zero-order chi connectivity index (χ0) is 16.6. The average molecular weight is 344 g/mol. The average Bonchev–Trinajstić information content (AvgIpc) is 3.03. The molecule has 23 heavy (non-hydrogen) atoms. The van der Waals surface area contributed by atoms with E-state index in [1.54, 1.807) is 4.90 Å². The number of aliphatic hydroxyl groups excluding tert-OH is 1. The van der Waals surface area contributed by atoms with E-state index in [4.69, 9.17) is 11.6 Å².